The van der Waals surface area contributed by atoms with Crippen molar-refractivity contribution >= 4 is 33.2 Å². The normalized spacial score (nSPS) is 18.0. The fraction of sp³-hybridized carbons (Fsp3) is 0.130. The van der Waals surface area contributed by atoms with Crippen LogP contribution in [0, 0.1) is 6.92 Å². The zero-order valence-corrected chi connectivity index (χ0v) is 18.5. The molecule has 1 atom stereocenters. The van der Waals surface area contributed by atoms with Gasteiger partial charge in [-0.1, -0.05) is 12.1 Å². The first-order valence-electron chi connectivity index (χ1n) is 9.77. The van der Waals surface area contributed by atoms with Gasteiger partial charge in [-0.25, -0.2) is 13.6 Å². The molecule has 3 aromatic rings. The van der Waals surface area contributed by atoms with Gasteiger partial charge in [-0.15, -0.1) is 0 Å². The van der Waals surface area contributed by atoms with Gasteiger partial charge in [0.25, 0.3) is 11.7 Å². The number of primary sulfonamides is 1. The first-order chi connectivity index (χ1) is 15.6. The van der Waals surface area contributed by atoms with Crippen LogP contribution >= 0.6 is 0 Å². The molecule has 1 fully saturated rings. The summed E-state index contributed by atoms with van der Waals surface area (Å²) in [6, 6.07) is 13.9. The van der Waals surface area contributed by atoms with Gasteiger partial charge in [0.1, 0.15) is 29.1 Å². The van der Waals surface area contributed by atoms with Gasteiger partial charge in [0.05, 0.1) is 23.1 Å². The number of carbonyl (C=O) groups excluding carboxylic acids is 2. The van der Waals surface area contributed by atoms with Crippen LogP contribution in [0.2, 0.25) is 0 Å². The number of para-hydroxylation sites is 1. The standard InChI is InChI=1S/C23H20N2O7S/c1-13-7-12-18(32-13)20-19(21(26)16-5-3-4-6-17(16)31-2)22(27)23(28)25(20)14-8-10-15(11-9-14)33(24,29)30/h3-12,20,26H,1-2H3,(H2,24,29,30)/b21-19-. The molecule has 1 aliphatic heterocycles. The van der Waals surface area contributed by atoms with E-state index >= 15 is 0 Å². The van der Waals surface area contributed by atoms with E-state index in [-0.39, 0.29) is 27.5 Å². The predicted octanol–water partition coefficient (Wildman–Crippen LogP) is 2.87. The summed E-state index contributed by atoms with van der Waals surface area (Å²) in [7, 11) is -2.53. The minimum atomic E-state index is -3.95. The summed E-state index contributed by atoms with van der Waals surface area (Å²) >= 11 is 0. The summed E-state index contributed by atoms with van der Waals surface area (Å²) in [5, 5.41) is 16.3. The highest BCUT2D eigenvalue weighted by atomic mass is 32.2. The predicted molar refractivity (Wildman–Crippen MR) is 119 cm³/mol. The van der Waals surface area contributed by atoms with Crippen molar-refractivity contribution in [3.05, 3.63) is 83.3 Å². The van der Waals surface area contributed by atoms with Crippen LogP contribution in [0.5, 0.6) is 5.75 Å². The van der Waals surface area contributed by atoms with Gasteiger partial charge in [-0.05, 0) is 55.5 Å². The number of rotatable bonds is 5. The fourth-order valence-corrected chi connectivity index (χ4v) is 4.27. The zero-order valence-electron chi connectivity index (χ0n) is 17.7. The van der Waals surface area contributed by atoms with E-state index in [2.05, 4.69) is 0 Å². The number of furan rings is 1. The maximum atomic E-state index is 13.1. The number of hydrogen-bond donors (Lipinski definition) is 2. The number of amides is 1. The molecular weight excluding hydrogens is 448 g/mol. The van der Waals surface area contributed by atoms with E-state index in [1.807, 2.05) is 0 Å². The summed E-state index contributed by atoms with van der Waals surface area (Å²) in [6.45, 7) is 1.71. The molecule has 1 aromatic heterocycles. The second-order valence-corrected chi connectivity index (χ2v) is 8.92. The number of sulfonamides is 1. The van der Waals surface area contributed by atoms with Crippen molar-refractivity contribution in [1.82, 2.24) is 0 Å². The first kappa shape index (κ1) is 22.3. The molecule has 1 unspecified atom stereocenters. The van der Waals surface area contributed by atoms with Crippen LogP contribution in [-0.2, 0) is 19.6 Å². The summed E-state index contributed by atoms with van der Waals surface area (Å²) < 4.78 is 34.2. The van der Waals surface area contributed by atoms with Gasteiger partial charge in [0.2, 0.25) is 10.0 Å². The van der Waals surface area contributed by atoms with Gasteiger partial charge in [-0.2, -0.15) is 0 Å². The number of nitrogens with two attached hydrogens (primary N) is 1. The van der Waals surface area contributed by atoms with Crippen molar-refractivity contribution < 1.29 is 32.3 Å². The van der Waals surface area contributed by atoms with Crippen LogP contribution in [0.15, 0.2) is 75.5 Å². The Morgan fingerprint density at radius 1 is 1.06 bits per heavy atom. The lowest BCUT2D eigenvalue weighted by atomic mass is 9.98. The maximum Gasteiger partial charge on any atom is 0.300 e. The number of hydrogen-bond acceptors (Lipinski definition) is 7. The molecule has 0 radical (unpaired) electrons. The van der Waals surface area contributed by atoms with Crippen LogP contribution in [-0.4, -0.2) is 32.3 Å². The Morgan fingerprint density at radius 3 is 2.30 bits per heavy atom. The summed E-state index contributed by atoms with van der Waals surface area (Å²) in [4.78, 5) is 27.2. The Bertz CT molecular complexity index is 1390. The molecule has 1 saturated heterocycles. The van der Waals surface area contributed by atoms with Gasteiger partial charge in [0, 0.05) is 5.69 Å². The van der Waals surface area contributed by atoms with Crippen molar-refractivity contribution in [2.45, 2.75) is 17.9 Å². The number of aryl methyl sites for hydroxylation is 1. The number of ether oxygens (including phenoxy) is 1. The average Bonchev–Trinajstić information content (AvgIpc) is 3.33. The Hall–Kier alpha value is -3.89. The highest BCUT2D eigenvalue weighted by Gasteiger charge is 2.48. The van der Waals surface area contributed by atoms with Gasteiger partial charge >= 0.3 is 0 Å². The largest absolute Gasteiger partial charge is 0.507 e. The number of nitrogens with zero attached hydrogens (tertiary/aromatic N) is 1. The number of carbonyl (C=O) groups is 2. The van der Waals surface area contributed by atoms with Crippen molar-refractivity contribution in [3.8, 4) is 5.75 Å². The van der Waals surface area contributed by atoms with Crippen molar-refractivity contribution in [2.75, 3.05) is 12.0 Å². The molecule has 0 aliphatic carbocycles. The van der Waals surface area contributed by atoms with Crippen molar-refractivity contribution in [2.24, 2.45) is 5.14 Å². The molecule has 170 valence electrons. The Kier molecular flexibility index (Phi) is 5.56. The third-order valence-electron chi connectivity index (χ3n) is 5.28. The van der Waals surface area contributed by atoms with Gasteiger partial charge in [0.15, 0.2) is 0 Å². The summed E-state index contributed by atoms with van der Waals surface area (Å²) in [5.74, 6) is -1.15. The smallest absolute Gasteiger partial charge is 0.300 e. The molecule has 10 heteroatoms. The van der Waals surface area contributed by atoms with E-state index in [4.69, 9.17) is 14.3 Å². The minimum Gasteiger partial charge on any atom is -0.507 e. The second-order valence-electron chi connectivity index (χ2n) is 7.36. The molecule has 1 aliphatic rings. The number of methoxy groups -OCH3 is 1. The SMILES string of the molecule is COc1ccccc1/C(O)=C1/C(=O)C(=O)N(c2ccc(S(N)(=O)=O)cc2)C1c1ccc(C)o1. The van der Waals surface area contributed by atoms with E-state index in [0.717, 1.165) is 4.90 Å². The molecule has 0 bridgehead atoms. The highest BCUT2D eigenvalue weighted by molar-refractivity contribution is 7.89. The summed E-state index contributed by atoms with van der Waals surface area (Å²) in [5.41, 5.74) is 0.271. The van der Waals surface area contributed by atoms with E-state index in [9.17, 15) is 23.1 Å². The molecule has 1 amide bonds. The van der Waals surface area contributed by atoms with Gasteiger partial charge in [-0.3, -0.25) is 14.5 Å². The number of Topliss-reactive ketones (excluding diaryl/α,β-unsaturated/α-hetero) is 1. The number of ketones is 1. The molecule has 2 heterocycles. The van der Waals surface area contributed by atoms with E-state index in [1.165, 1.54) is 31.4 Å². The van der Waals surface area contributed by atoms with Crippen LogP contribution < -0.4 is 14.8 Å². The molecule has 3 N–H and O–H groups in total. The molecule has 4 rings (SSSR count). The number of aliphatic hydroxyl groups is 1. The Morgan fingerprint density at radius 2 is 1.73 bits per heavy atom. The monoisotopic (exact) mass is 468 g/mol. The van der Waals surface area contributed by atoms with Crippen molar-refractivity contribution in [1.29, 1.82) is 0 Å². The minimum absolute atomic E-state index is 0.151. The first-order valence-corrected chi connectivity index (χ1v) is 11.3. The van der Waals surface area contributed by atoms with Crippen LogP contribution in [0.3, 0.4) is 0 Å². The topological polar surface area (TPSA) is 140 Å². The maximum absolute atomic E-state index is 13.1. The quantitative estimate of drug-likeness (QED) is 0.333. The molecule has 33 heavy (non-hydrogen) atoms. The van der Waals surface area contributed by atoms with Crippen LogP contribution in [0.25, 0.3) is 5.76 Å². The van der Waals surface area contributed by atoms with E-state index < -0.39 is 33.5 Å². The highest BCUT2D eigenvalue weighted by Crippen LogP contribution is 2.43. The van der Waals surface area contributed by atoms with E-state index in [0.29, 0.717) is 11.5 Å². The molecule has 0 saturated carbocycles. The molecular formula is C23H20N2O7S. The lowest BCUT2D eigenvalue weighted by Crippen LogP contribution is -2.29. The Balaban J connectivity index is 1.93. The fourth-order valence-electron chi connectivity index (χ4n) is 3.75. The number of benzene rings is 2. The van der Waals surface area contributed by atoms with Gasteiger partial charge < -0.3 is 14.3 Å². The van der Waals surface area contributed by atoms with E-state index in [1.54, 1.807) is 43.3 Å². The lowest BCUT2D eigenvalue weighted by Gasteiger charge is -2.23. The zero-order chi connectivity index (χ0) is 23.9. The molecule has 9 nitrogen and oxygen atoms in total. The lowest BCUT2D eigenvalue weighted by molar-refractivity contribution is -0.132. The molecule has 0 spiro atoms. The third kappa shape index (κ3) is 3.90. The van der Waals surface area contributed by atoms with Crippen LogP contribution in [0.4, 0.5) is 5.69 Å². The summed E-state index contributed by atoms with van der Waals surface area (Å²) in [6.07, 6.45) is 0. The Labute approximate surface area is 189 Å². The van der Waals surface area contributed by atoms with Crippen LogP contribution in [0.1, 0.15) is 23.1 Å². The van der Waals surface area contributed by atoms with Crippen molar-refractivity contribution in [3.63, 3.8) is 0 Å². The number of anilines is 1. The molecule has 2 aromatic carbocycles. The second kappa shape index (κ2) is 8.23. The average molecular weight is 468 g/mol. The third-order valence-corrected chi connectivity index (χ3v) is 6.21. The number of aliphatic hydroxyl groups excluding tert-OH is 1.